The molecule has 4 nitrogen and oxygen atoms in total. The molecule has 0 unspecified atom stereocenters. The molecule has 4 rings (SSSR count). The van der Waals surface area contributed by atoms with Crippen molar-refractivity contribution >= 4 is 20.7 Å². The van der Waals surface area contributed by atoms with Gasteiger partial charge in [-0.15, -0.1) is 0 Å². The number of para-hydroxylation sites is 1. The Morgan fingerprint density at radius 1 is 0.913 bits per heavy atom. The fourth-order valence-electron chi connectivity index (χ4n) is 3.29. The summed E-state index contributed by atoms with van der Waals surface area (Å²) in [6.45, 7) is 0.606. The van der Waals surface area contributed by atoms with Crippen molar-refractivity contribution < 1.29 is 8.42 Å². The summed E-state index contributed by atoms with van der Waals surface area (Å²) in [5, 5.41) is 0.728. The van der Waals surface area contributed by atoms with E-state index in [1.54, 1.807) is 22.8 Å². The van der Waals surface area contributed by atoms with E-state index >= 15 is 0 Å². The molecule has 0 bridgehead atoms. The van der Waals surface area contributed by atoms with Gasteiger partial charge in [0.2, 0.25) is 0 Å². The van der Waals surface area contributed by atoms with Crippen molar-refractivity contribution in [1.82, 2.24) is 4.57 Å². The number of rotatable bonds is 1. The fourth-order valence-corrected chi connectivity index (χ4v) is 5.04. The molecule has 1 aliphatic heterocycles. The first-order valence-electron chi connectivity index (χ1n) is 7.53. The minimum Gasteiger partial charge on any atom is -0.331 e. The Labute approximate surface area is 133 Å². The molecule has 0 saturated heterocycles. The summed E-state index contributed by atoms with van der Waals surface area (Å²) in [4.78, 5) is 13.0. The predicted octanol–water partition coefficient (Wildman–Crippen LogP) is 2.85. The lowest BCUT2D eigenvalue weighted by atomic mass is 10.0. The van der Waals surface area contributed by atoms with Gasteiger partial charge < -0.3 is 4.57 Å². The van der Waals surface area contributed by atoms with Gasteiger partial charge in [-0.2, -0.15) is 0 Å². The number of pyridine rings is 1. The normalized spacial score (nSPS) is 16.2. The van der Waals surface area contributed by atoms with E-state index in [1.807, 2.05) is 36.4 Å². The van der Waals surface area contributed by atoms with Gasteiger partial charge in [0.25, 0.3) is 0 Å². The van der Waals surface area contributed by atoms with Crippen LogP contribution in [-0.4, -0.2) is 18.7 Å². The van der Waals surface area contributed by atoms with Gasteiger partial charge in [-0.1, -0.05) is 42.5 Å². The Bertz CT molecular complexity index is 1070. The van der Waals surface area contributed by atoms with Crippen LogP contribution in [0.2, 0.25) is 0 Å². The monoisotopic (exact) mass is 325 g/mol. The van der Waals surface area contributed by atoms with Gasteiger partial charge in [-0.3, -0.25) is 4.79 Å². The third kappa shape index (κ3) is 2.11. The molecule has 0 radical (unpaired) electrons. The van der Waals surface area contributed by atoms with Crippen LogP contribution in [0.1, 0.15) is 6.42 Å². The van der Waals surface area contributed by atoms with Gasteiger partial charge >= 0.3 is 0 Å². The SMILES string of the molecule is O=c1c(-c2ccccc2)c2n(c3ccccc13)CCCS2(=O)=O. The van der Waals surface area contributed by atoms with Crippen molar-refractivity contribution in [2.24, 2.45) is 0 Å². The van der Waals surface area contributed by atoms with Gasteiger partial charge in [0.1, 0.15) is 5.03 Å². The number of sulfone groups is 1. The number of aryl methyl sites for hydroxylation is 1. The Morgan fingerprint density at radius 3 is 2.39 bits per heavy atom. The minimum absolute atomic E-state index is 0.0879. The smallest absolute Gasteiger partial charge is 0.198 e. The van der Waals surface area contributed by atoms with Crippen LogP contribution in [0, 0.1) is 0 Å². The zero-order valence-electron chi connectivity index (χ0n) is 12.4. The van der Waals surface area contributed by atoms with E-state index in [-0.39, 0.29) is 16.2 Å². The molecule has 0 N–H and O–H groups in total. The van der Waals surface area contributed by atoms with Crippen molar-refractivity contribution in [1.29, 1.82) is 0 Å². The zero-order chi connectivity index (χ0) is 16.0. The molecule has 23 heavy (non-hydrogen) atoms. The molecule has 5 heteroatoms. The Hall–Kier alpha value is -2.40. The van der Waals surface area contributed by atoms with Crippen molar-refractivity contribution in [2.45, 2.75) is 18.0 Å². The lowest BCUT2D eigenvalue weighted by Gasteiger charge is -2.24. The van der Waals surface area contributed by atoms with Gasteiger partial charge in [-0.05, 0) is 24.1 Å². The maximum atomic E-state index is 13.0. The lowest BCUT2D eigenvalue weighted by molar-refractivity contribution is 0.543. The second kappa shape index (κ2) is 5.06. The highest BCUT2D eigenvalue weighted by Gasteiger charge is 2.30. The van der Waals surface area contributed by atoms with Crippen LogP contribution in [-0.2, 0) is 16.4 Å². The summed E-state index contributed by atoms with van der Waals surface area (Å²) in [5.41, 5.74) is 1.42. The lowest BCUT2D eigenvalue weighted by Crippen LogP contribution is -2.27. The molecular weight excluding hydrogens is 310 g/mol. The predicted molar refractivity (Wildman–Crippen MR) is 90.3 cm³/mol. The maximum absolute atomic E-state index is 13.0. The van der Waals surface area contributed by atoms with Crippen molar-refractivity contribution in [3.8, 4) is 11.1 Å². The molecule has 3 aromatic rings. The summed E-state index contributed by atoms with van der Waals surface area (Å²) < 4.78 is 27.2. The molecule has 0 amide bonds. The molecule has 2 heterocycles. The van der Waals surface area contributed by atoms with Gasteiger partial charge in [0.05, 0.1) is 16.8 Å². The van der Waals surface area contributed by atoms with E-state index in [9.17, 15) is 13.2 Å². The number of benzene rings is 2. The average Bonchev–Trinajstić information content (AvgIpc) is 2.57. The van der Waals surface area contributed by atoms with Crippen LogP contribution in [0.25, 0.3) is 22.0 Å². The number of fused-ring (bicyclic) bond motifs is 3. The van der Waals surface area contributed by atoms with Crippen molar-refractivity contribution in [2.75, 3.05) is 5.75 Å². The number of hydrogen-bond acceptors (Lipinski definition) is 3. The minimum atomic E-state index is -3.47. The van der Waals surface area contributed by atoms with Crippen LogP contribution >= 0.6 is 0 Å². The molecule has 116 valence electrons. The summed E-state index contributed by atoms with van der Waals surface area (Å²) >= 11 is 0. The van der Waals surface area contributed by atoms with Crippen LogP contribution in [0.5, 0.6) is 0 Å². The second-order valence-corrected chi connectivity index (χ2v) is 7.74. The quantitative estimate of drug-likeness (QED) is 0.691. The molecule has 0 spiro atoms. The third-order valence-corrected chi connectivity index (χ3v) is 6.12. The molecule has 0 atom stereocenters. The summed E-state index contributed by atoms with van der Waals surface area (Å²) in [6.07, 6.45) is 0.566. The first-order valence-corrected chi connectivity index (χ1v) is 9.18. The van der Waals surface area contributed by atoms with E-state index in [4.69, 9.17) is 0 Å². The summed E-state index contributed by atoms with van der Waals surface area (Å²) in [7, 11) is -3.47. The number of hydrogen-bond donors (Lipinski definition) is 0. The molecule has 0 fully saturated rings. The average molecular weight is 325 g/mol. The Morgan fingerprint density at radius 2 is 1.61 bits per heavy atom. The van der Waals surface area contributed by atoms with E-state index in [2.05, 4.69) is 0 Å². The highest BCUT2D eigenvalue weighted by molar-refractivity contribution is 7.91. The molecule has 0 aliphatic carbocycles. The first kappa shape index (κ1) is 14.2. The summed E-state index contributed by atoms with van der Waals surface area (Å²) in [5.74, 6) is 0.0879. The van der Waals surface area contributed by atoms with E-state index in [0.717, 1.165) is 0 Å². The van der Waals surface area contributed by atoms with Crippen LogP contribution in [0.3, 0.4) is 0 Å². The second-order valence-electron chi connectivity index (χ2n) is 5.72. The van der Waals surface area contributed by atoms with Crippen LogP contribution in [0.15, 0.2) is 64.4 Å². The highest BCUT2D eigenvalue weighted by atomic mass is 32.2. The van der Waals surface area contributed by atoms with Gasteiger partial charge in [-0.25, -0.2) is 8.42 Å². The standard InChI is InChI=1S/C18H15NO3S/c20-17-14-9-4-5-10-15(14)19-11-6-12-23(21,22)18(19)16(17)13-7-2-1-3-8-13/h1-5,7-10H,6,11-12H2. The molecule has 2 aromatic carbocycles. The van der Waals surface area contributed by atoms with Crippen molar-refractivity contribution in [3.05, 3.63) is 64.8 Å². The molecule has 1 aliphatic rings. The Kier molecular flexibility index (Phi) is 3.13. The van der Waals surface area contributed by atoms with E-state index in [1.165, 1.54) is 0 Å². The third-order valence-electron chi connectivity index (χ3n) is 4.28. The molecular formula is C18H15NO3S. The molecule has 1 aromatic heterocycles. The Balaban J connectivity index is 2.26. The van der Waals surface area contributed by atoms with E-state index < -0.39 is 9.84 Å². The fraction of sp³-hybridized carbons (Fsp3) is 0.167. The molecule has 0 saturated carbocycles. The van der Waals surface area contributed by atoms with Crippen LogP contribution < -0.4 is 5.43 Å². The van der Waals surface area contributed by atoms with Crippen molar-refractivity contribution in [3.63, 3.8) is 0 Å². The first-order chi connectivity index (χ1) is 11.1. The highest BCUT2D eigenvalue weighted by Crippen LogP contribution is 2.31. The van der Waals surface area contributed by atoms with Crippen LogP contribution in [0.4, 0.5) is 0 Å². The topological polar surface area (TPSA) is 56.1 Å². The number of nitrogens with zero attached hydrogens (tertiary/aromatic N) is 1. The summed E-state index contributed by atoms with van der Waals surface area (Å²) in [6, 6.07) is 16.3. The van der Waals surface area contributed by atoms with Gasteiger partial charge in [0, 0.05) is 11.9 Å². The van der Waals surface area contributed by atoms with Gasteiger partial charge in [0.15, 0.2) is 15.3 Å². The number of aromatic nitrogens is 1. The zero-order valence-corrected chi connectivity index (χ0v) is 13.2. The largest absolute Gasteiger partial charge is 0.331 e. The maximum Gasteiger partial charge on any atom is 0.198 e. The van der Waals surface area contributed by atoms with E-state index in [0.29, 0.717) is 35.0 Å².